The fourth-order valence-corrected chi connectivity index (χ4v) is 0.721. The summed E-state index contributed by atoms with van der Waals surface area (Å²) in [6, 6.07) is 0. The summed E-state index contributed by atoms with van der Waals surface area (Å²) in [5, 5.41) is 15.7. The summed E-state index contributed by atoms with van der Waals surface area (Å²) in [6.45, 7) is 8.80. The highest BCUT2D eigenvalue weighted by Crippen LogP contribution is 2.09. The van der Waals surface area contributed by atoms with Crippen LogP contribution in [0.4, 0.5) is 4.79 Å². The van der Waals surface area contributed by atoms with Gasteiger partial charge in [-0.05, 0) is 27.7 Å². The molecule has 1 atom stereocenters. The van der Waals surface area contributed by atoms with Gasteiger partial charge in [0.15, 0.2) is 0 Å². The summed E-state index contributed by atoms with van der Waals surface area (Å²) >= 11 is 0. The Hall–Kier alpha value is -1.73. The first-order valence-electron chi connectivity index (χ1n) is 5.60. The molecule has 0 fully saturated rings. The Labute approximate surface area is 107 Å². The molecule has 0 aliphatic rings. The minimum atomic E-state index is -1.01. The van der Waals surface area contributed by atoms with Crippen molar-refractivity contribution in [3.05, 3.63) is 5.21 Å². The number of rotatable bonds is 5. The van der Waals surface area contributed by atoms with Crippen molar-refractivity contribution in [2.24, 2.45) is 5.28 Å². The van der Waals surface area contributed by atoms with E-state index in [-0.39, 0.29) is 4.97 Å². The zero-order valence-electron chi connectivity index (χ0n) is 11.7. The minimum Gasteiger partial charge on any atom is -0.569 e. The monoisotopic (exact) mass is 263 g/mol. The lowest BCUT2D eigenvalue weighted by atomic mass is 10.2. The molecule has 0 radical (unpaired) electrons. The van der Waals surface area contributed by atoms with Crippen molar-refractivity contribution in [3.8, 4) is 0 Å². The summed E-state index contributed by atoms with van der Waals surface area (Å²) in [7, 11) is 1.54. The molecule has 0 saturated carbocycles. The minimum absolute atomic E-state index is 0.259. The Morgan fingerprint density at radius 3 is 2.50 bits per heavy atom. The Morgan fingerprint density at radius 1 is 1.50 bits per heavy atom. The van der Waals surface area contributed by atoms with Crippen LogP contribution in [0.5, 0.6) is 0 Å². The van der Waals surface area contributed by atoms with Gasteiger partial charge in [0, 0.05) is 6.92 Å². The average molecular weight is 263 g/mol. The molecule has 0 N–H and O–H groups in total. The first-order valence-corrected chi connectivity index (χ1v) is 5.60. The average Bonchev–Trinajstić information content (AvgIpc) is 2.21. The van der Waals surface area contributed by atoms with Gasteiger partial charge in [-0.25, -0.2) is 4.79 Å². The molecule has 0 aliphatic heterocycles. The SMILES string of the molecule is CCN(C)/[N+]([O-])=N/OC(C)OC(=O)OC(C)(C)C. The van der Waals surface area contributed by atoms with Gasteiger partial charge in [0.05, 0.1) is 18.6 Å². The van der Waals surface area contributed by atoms with E-state index in [1.54, 1.807) is 34.7 Å². The summed E-state index contributed by atoms with van der Waals surface area (Å²) in [6.07, 6.45) is -1.90. The molecular weight excluding hydrogens is 242 g/mol. The molecule has 8 nitrogen and oxygen atoms in total. The Morgan fingerprint density at radius 2 is 2.06 bits per heavy atom. The summed E-state index contributed by atoms with van der Waals surface area (Å²) in [5.41, 5.74) is -0.652. The van der Waals surface area contributed by atoms with E-state index in [2.05, 4.69) is 10.1 Å². The Bertz CT molecular complexity index is 300. The van der Waals surface area contributed by atoms with Crippen molar-refractivity contribution in [2.45, 2.75) is 46.5 Å². The molecule has 18 heavy (non-hydrogen) atoms. The molecule has 0 amide bonds. The lowest BCUT2D eigenvalue weighted by Gasteiger charge is -2.19. The molecule has 0 aliphatic carbocycles. The maximum absolute atomic E-state index is 11.2. The maximum atomic E-state index is 11.2. The Kier molecular flexibility index (Phi) is 6.21. The number of carbonyl (C=O) groups excluding carboxylic acids is 1. The summed E-state index contributed by atoms with van der Waals surface area (Å²) in [5.74, 6) is 0. The van der Waals surface area contributed by atoms with Crippen molar-refractivity contribution in [2.75, 3.05) is 13.6 Å². The molecule has 0 rings (SSSR count). The number of hydrogen-bond acceptors (Lipinski definition) is 6. The zero-order valence-corrected chi connectivity index (χ0v) is 11.7. The molecule has 8 heteroatoms. The predicted molar refractivity (Wildman–Crippen MR) is 62.2 cm³/mol. The molecule has 106 valence electrons. The van der Waals surface area contributed by atoms with Crippen LogP contribution in [0.1, 0.15) is 34.6 Å². The van der Waals surface area contributed by atoms with E-state index in [1.807, 2.05) is 0 Å². The van der Waals surface area contributed by atoms with Crippen LogP contribution < -0.4 is 0 Å². The number of nitrogens with zero attached hydrogens (tertiary/aromatic N) is 3. The number of carbonyl (C=O) groups is 1. The van der Waals surface area contributed by atoms with E-state index >= 15 is 0 Å². The third-order valence-corrected chi connectivity index (χ3v) is 1.67. The van der Waals surface area contributed by atoms with Crippen LogP contribution >= 0.6 is 0 Å². The van der Waals surface area contributed by atoms with E-state index < -0.39 is 18.0 Å². The second kappa shape index (κ2) is 6.87. The topological polar surface area (TPSA) is 86.4 Å². The fraction of sp³-hybridized carbons (Fsp3) is 0.900. The van der Waals surface area contributed by atoms with Crippen LogP contribution in [0.25, 0.3) is 0 Å². The van der Waals surface area contributed by atoms with Crippen LogP contribution in [0.2, 0.25) is 0 Å². The van der Waals surface area contributed by atoms with E-state index in [1.165, 1.54) is 11.9 Å². The first-order chi connectivity index (χ1) is 8.15. The van der Waals surface area contributed by atoms with Crippen LogP contribution in [0.15, 0.2) is 5.28 Å². The number of hydrazine groups is 1. The zero-order chi connectivity index (χ0) is 14.3. The van der Waals surface area contributed by atoms with Gasteiger partial charge in [-0.3, -0.25) is 4.84 Å². The van der Waals surface area contributed by atoms with Crippen molar-refractivity contribution >= 4 is 6.16 Å². The van der Waals surface area contributed by atoms with Gasteiger partial charge < -0.3 is 14.7 Å². The quantitative estimate of drug-likeness (QED) is 0.248. The molecule has 0 saturated heterocycles. The van der Waals surface area contributed by atoms with Gasteiger partial charge >= 0.3 is 6.16 Å². The van der Waals surface area contributed by atoms with E-state index in [4.69, 9.17) is 9.47 Å². The molecule has 0 aromatic heterocycles. The third kappa shape index (κ3) is 7.53. The highest BCUT2D eigenvalue weighted by atomic mass is 16.8. The van der Waals surface area contributed by atoms with Gasteiger partial charge in [0.1, 0.15) is 5.60 Å². The van der Waals surface area contributed by atoms with Crippen LogP contribution in [-0.4, -0.2) is 41.6 Å². The Balaban J connectivity index is 4.12. The highest BCUT2D eigenvalue weighted by molar-refractivity contribution is 5.60. The normalized spacial score (nSPS) is 13.8. The second-order valence-electron chi connectivity index (χ2n) is 4.56. The van der Waals surface area contributed by atoms with Crippen LogP contribution in [-0.2, 0) is 14.3 Å². The van der Waals surface area contributed by atoms with Gasteiger partial charge in [-0.2, -0.15) is 0 Å². The smallest absolute Gasteiger partial charge is 0.511 e. The fourth-order valence-electron chi connectivity index (χ4n) is 0.721. The lowest BCUT2D eigenvalue weighted by molar-refractivity contribution is -0.707. The van der Waals surface area contributed by atoms with Crippen molar-refractivity contribution in [1.82, 2.24) is 5.01 Å². The standard InChI is InChI=1S/C10H21N3O5/c1-7-12(6)13(15)11-18-8(2)16-9(14)17-10(3,4)5/h8H,7H2,1-6H3/b13-11-. The molecule has 0 heterocycles. The molecule has 0 aromatic rings. The van der Waals surface area contributed by atoms with Gasteiger partial charge in [-0.15, -0.1) is 5.01 Å². The molecule has 1 unspecified atom stereocenters. The molecule has 0 spiro atoms. The summed E-state index contributed by atoms with van der Waals surface area (Å²) in [4.78, 5) is 16.2. The first kappa shape index (κ1) is 16.3. The number of ether oxygens (including phenoxy) is 2. The second-order valence-corrected chi connectivity index (χ2v) is 4.56. The van der Waals surface area contributed by atoms with E-state index in [9.17, 15) is 10.0 Å². The predicted octanol–water partition coefficient (Wildman–Crippen LogP) is 2.04. The van der Waals surface area contributed by atoms with Gasteiger partial charge in [0.2, 0.25) is 5.28 Å². The van der Waals surface area contributed by atoms with Gasteiger partial charge in [-0.1, -0.05) is 0 Å². The van der Waals surface area contributed by atoms with E-state index in [0.717, 1.165) is 0 Å². The van der Waals surface area contributed by atoms with Gasteiger partial charge in [0.25, 0.3) is 6.29 Å². The third-order valence-electron chi connectivity index (χ3n) is 1.67. The van der Waals surface area contributed by atoms with Crippen LogP contribution in [0.3, 0.4) is 0 Å². The largest absolute Gasteiger partial charge is 0.569 e. The van der Waals surface area contributed by atoms with Crippen molar-refractivity contribution in [3.63, 3.8) is 0 Å². The van der Waals surface area contributed by atoms with Crippen molar-refractivity contribution in [1.29, 1.82) is 0 Å². The summed E-state index contributed by atoms with van der Waals surface area (Å²) < 4.78 is 9.63. The lowest BCUT2D eigenvalue weighted by Crippen LogP contribution is -2.28. The highest BCUT2D eigenvalue weighted by Gasteiger charge is 2.20. The van der Waals surface area contributed by atoms with E-state index in [0.29, 0.717) is 6.54 Å². The maximum Gasteiger partial charge on any atom is 0.511 e. The van der Waals surface area contributed by atoms with Crippen LogP contribution in [0, 0.1) is 5.21 Å². The van der Waals surface area contributed by atoms with Crippen molar-refractivity contribution < 1.29 is 24.1 Å². The number of hydrogen-bond donors (Lipinski definition) is 0. The molecule has 0 aromatic carbocycles. The molecule has 0 bridgehead atoms. The molecular formula is C10H21N3O5.